The van der Waals surface area contributed by atoms with E-state index in [1.165, 1.54) is 11.1 Å². The van der Waals surface area contributed by atoms with Crippen molar-refractivity contribution >= 4 is 0 Å². The van der Waals surface area contributed by atoms with E-state index in [0.29, 0.717) is 0 Å². The van der Waals surface area contributed by atoms with Gasteiger partial charge in [0, 0.05) is 24.7 Å². The number of aromatic nitrogens is 1. The highest BCUT2D eigenvalue weighted by molar-refractivity contribution is 5.40. The van der Waals surface area contributed by atoms with Crippen LogP contribution in [0.4, 0.5) is 0 Å². The third-order valence-corrected chi connectivity index (χ3v) is 3.84. The van der Waals surface area contributed by atoms with Gasteiger partial charge in [0.05, 0.1) is 12.3 Å². The zero-order valence-corrected chi connectivity index (χ0v) is 12.0. The molecule has 0 radical (unpaired) electrons. The Morgan fingerprint density at radius 2 is 2.05 bits per heavy atom. The van der Waals surface area contributed by atoms with Gasteiger partial charge in [-0.2, -0.15) is 0 Å². The van der Waals surface area contributed by atoms with Crippen molar-refractivity contribution in [2.75, 3.05) is 6.61 Å². The van der Waals surface area contributed by atoms with E-state index in [1.54, 1.807) is 0 Å². The maximum atomic E-state index is 5.55. The van der Waals surface area contributed by atoms with Gasteiger partial charge in [-0.25, -0.2) is 0 Å². The number of ether oxygens (including phenoxy) is 1. The Balaban J connectivity index is 1.71. The molecule has 0 fully saturated rings. The summed E-state index contributed by atoms with van der Waals surface area (Å²) in [4.78, 5) is 4.40. The number of rotatable bonds is 4. The van der Waals surface area contributed by atoms with E-state index >= 15 is 0 Å². The molecule has 1 N–H and O–H groups in total. The lowest BCUT2D eigenvalue weighted by molar-refractivity contribution is 0.356. The number of hydrogen-bond donors (Lipinski definition) is 1. The minimum Gasteiger partial charge on any atom is -0.493 e. The van der Waals surface area contributed by atoms with Gasteiger partial charge in [-0.3, -0.25) is 4.98 Å². The fraction of sp³-hybridized carbons (Fsp3) is 0.353. The predicted molar refractivity (Wildman–Crippen MR) is 79.8 cm³/mol. The maximum Gasteiger partial charge on any atom is 0.122 e. The zero-order chi connectivity index (χ0) is 13.9. The molecule has 2 atom stereocenters. The summed E-state index contributed by atoms with van der Waals surface area (Å²) in [6.07, 6.45) is 2.86. The smallest absolute Gasteiger partial charge is 0.122 e. The molecular formula is C17H20N2O. The number of hydrogen-bond acceptors (Lipinski definition) is 3. The van der Waals surface area contributed by atoms with Crippen LogP contribution in [0.25, 0.3) is 0 Å². The molecule has 2 heterocycles. The van der Waals surface area contributed by atoms with E-state index in [0.717, 1.165) is 24.5 Å². The van der Waals surface area contributed by atoms with Crippen molar-refractivity contribution in [2.24, 2.45) is 0 Å². The second-order valence-electron chi connectivity index (χ2n) is 5.33. The minimum absolute atomic E-state index is 0.232. The van der Waals surface area contributed by atoms with E-state index in [9.17, 15) is 0 Å². The fourth-order valence-corrected chi connectivity index (χ4v) is 2.66. The summed E-state index contributed by atoms with van der Waals surface area (Å²) in [5.41, 5.74) is 3.70. The first-order valence-electron chi connectivity index (χ1n) is 7.16. The summed E-state index contributed by atoms with van der Waals surface area (Å²) in [6.45, 7) is 5.15. The van der Waals surface area contributed by atoms with Crippen molar-refractivity contribution < 1.29 is 4.74 Å². The van der Waals surface area contributed by atoms with Crippen molar-refractivity contribution in [3.8, 4) is 5.75 Å². The van der Waals surface area contributed by atoms with Crippen molar-refractivity contribution in [1.82, 2.24) is 10.3 Å². The molecule has 1 aliphatic heterocycles. The summed E-state index contributed by atoms with van der Waals surface area (Å²) >= 11 is 0. The van der Waals surface area contributed by atoms with Crippen LogP contribution >= 0.6 is 0 Å². The highest BCUT2D eigenvalue weighted by atomic mass is 16.5. The van der Waals surface area contributed by atoms with Gasteiger partial charge in [0.1, 0.15) is 5.75 Å². The third kappa shape index (κ3) is 2.68. The first kappa shape index (κ1) is 13.1. The Hall–Kier alpha value is -1.87. The van der Waals surface area contributed by atoms with Crippen LogP contribution in [-0.2, 0) is 6.42 Å². The summed E-state index contributed by atoms with van der Waals surface area (Å²) in [6, 6.07) is 13.0. The van der Waals surface area contributed by atoms with Crippen molar-refractivity contribution in [2.45, 2.75) is 32.4 Å². The van der Waals surface area contributed by atoms with Crippen molar-refractivity contribution in [3.63, 3.8) is 0 Å². The van der Waals surface area contributed by atoms with Crippen LogP contribution in [-0.4, -0.2) is 11.6 Å². The highest BCUT2D eigenvalue weighted by Gasteiger charge is 2.16. The second-order valence-corrected chi connectivity index (χ2v) is 5.33. The summed E-state index contributed by atoms with van der Waals surface area (Å²) in [7, 11) is 0. The SMILES string of the molecule is CC(NC(C)c1ccccn1)c1ccc2c(c1)CCO2. The number of nitrogens with one attached hydrogen (secondary N) is 1. The number of fused-ring (bicyclic) bond motifs is 1. The topological polar surface area (TPSA) is 34.2 Å². The molecule has 1 aromatic heterocycles. The van der Waals surface area contributed by atoms with E-state index in [4.69, 9.17) is 4.74 Å². The van der Waals surface area contributed by atoms with Gasteiger partial charge in [-0.15, -0.1) is 0 Å². The molecule has 3 heteroatoms. The molecule has 20 heavy (non-hydrogen) atoms. The van der Waals surface area contributed by atoms with E-state index < -0.39 is 0 Å². The molecule has 2 aromatic rings. The van der Waals surface area contributed by atoms with Crippen molar-refractivity contribution in [1.29, 1.82) is 0 Å². The van der Waals surface area contributed by atoms with Gasteiger partial charge < -0.3 is 10.1 Å². The monoisotopic (exact) mass is 268 g/mol. The van der Waals surface area contributed by atoms with Crippen LogP contribution in [0.5, 0.6) is 5.75 Å². The largest absolute Gasteiger partial charge is 0.493 e. The Labute approximate surface area is 120 Å². The molecule has 2 unspecified atom stereocenters. The Bertz CT molecular complexity index is 583. The van der Waals surface area contributed by atoms with Gasteiger partial charge in [-0.1, -0.05) is 18.2 Å². The highest BCUT2D eigenvalue weighted by Crippen LogP contribution is 2.28. The fourth-order valence-electron chi connectivity index (χ4n) is 2.66. The zero-order valence-electron chi connectivity index (χ0n) is 12.0. The third-order valence-electron chi connectivity index (χ3n) is 3.84. The Morgan fingerprint density at radius 1 is 1.15 bits per heavy atom. The van der Waals surface area contributed by atoms with Crippen LogP contribution in [0.2, 0.25) is 0 Å². The van der Waals surface area contributed by atoms with Gasteiger partial charge >= 0.3 is 0 Å². The number of benzene rings is 1. The van der Waals surface area contributed by atoms with E-state index in [2.05, 4.69) is 48.4 Å². The molecule has 0 aliphatic carbocycles. The van der Waals surface area contributed by atoms with Crippen LogP contribution in [0.15, 0.2) is 42.6 Å². The lowest BCUT2D eigenvalue weighted by atomic mass is 10.0. The first-order valence-corrected chi connectivity index (χ1v) is 7.16. The molecule has 0 saturated heterocycles. The van der Waals surface area contributed by atoms with Crippen molar-refractivity contribution in [3.05, 3.63) is 59.4 Å². The second kappa shape index (κ2) is 5.63. The lowest BCUT2D eigenvalue weighted by Crippen LogP contribution is -2.23. The Kier molecular flexibility index (Phi) is 3.70. The predicted octanol–water partition coefficient (Wildman–Crippen LogP) is 3.43. The standard InChI is InChI=1S/C17H20N2O/c1-12(19-13(2)16-5-3-4-9-18-16)14-6-7-17-15(11-14)8-10-20-17/h3-7,9,11-13,19H,8,10H2,1-2H3. The molecule has 3 rings (SSSR count). The normalized spacial score (nSPS) is 16.3. The molecule has 104 valence electrons. The quantitative estimate of drug-likeness (QED) is 0.922. The Morgan fingerprint density at radius 3 is 2.85 bits per heavy atom. The number of nitrogens with zero attached hydrogens (tertiary/aromatic N) is 1. The van der Waals surface area contributed by atoms with Gasteiger partial charge in [-0.05, 0) is 43.2 Å². The van der Waals surface area contributed by atoms with E-state index in [-0.39, 0.29) is 12.1 Å². The van der Waals surface area contributed by atoms with Crippen LogP contribution in [0.1, 0.15) is 42.8 Å². The van der Waals surface area contributed by atoms with Crippen LogP contribution in [0, 0.1) is 0 Å². The molecule has 3 nitrogen and oxygen atoms in total. The lowest BCUT2D eigenvalue weighted by Gasteiger charge is -2.20. The molecule has 0 saturated carbocycles. The molecule has 1 aromatic carbocycles. The van der Waals surface area contributed by atoms with Gasteiger partial charge in [0.15, 0.2) is 0 Å². The van der Waals surface area contributed by atoms with Gasteiger partial charge in [0.25, 0.3) is 0 Å². The maximum absolute atomic E-state index is 5.55. The summed E-state index contributed by atoms with van der Waals surface area (Å²) in [5, 5.41) is 3.60. The number of pyridine rings is 1. The molecule has 0 spiro atoms. The average Bonchev–Trinajstić information content (AvgIpc) is 2.95. The average molecular weight is 268 g/mol. The summed E-state index contributed by atoms with van der Waals surface area (Å²) in [5.74, 6) is 1.04. The van der Waals surface area contributed by atoms with Crippen LogP contribution in [0.3, 0.4) is 0 Å². The minimum atomic E-state index is 0.232. The molecular weight excluding hydrogens is 248 g/mol. The summed E-state index contributed by atoms with van der Waals surface area (Å²) < 4.78 is 5.55. The molecule has 1 aliphatic rings. The van der Waals surface area contributed by atoms with Gasteiger partial charge in [0.2, 0.25) is 0 Å². The molecule has 0 bridgehead atoms. The first-order chi connectivity index (χ1) is 9.74. The van der Waals surface area contributed by atoms with Crippen LogP contribution < -0.4 is 10.1 Å². The molecule has 0 amide bonds. The van der Waals surface area contributed by atoms with E-state index in [1.807, 2.05) is 18.3 Å².